The number of hydrogen-bond acceptors (Lipinski definition) is 6. The Bertz CT molecular complexity index is 1160. The normalized spacial score (nSPS) is 14.3. The van der Waals surface area contributed by atoms with Gasteiger partial charge in [-0.1, -0.05) is 6.07 Å². The molecule has 0 spiro atoms. The minimum absolute atomic E-state index is 0.109. The molecular weight excluding hydrogens is 416 g/mol. The minimum Gasteiger partial charge on any atom is -0.485 e. The van der Waals surface area contributed by atoms with E-state index in [2.05, 4.69) is 15.3 Å². The summed E-state index contributed by atoms with van der Waals surface area (Å²) in [6.07, 6.45) is 6.59. The van der Waals surface area contributed by atoms with E-state index < -0.39 is 15.9 Å². The van der Waals surface area contributed by atoms with Crippen LogP contribution in [0.25, 0.3) is 0 Å². The number of nitrogens with zero attached hydrogens (tertiary/aromatic N) is 3. The van der Waals surface area contributed by atoms with Crippen LogP contribution in [0, 0.1) is 0 Å². The molecule has 4 rings (SSSR count). The molecule has 8 nitrogen and oxygen atoms in total. The minimum atomic E-state index is -3.61. The van der Waals surface area contributed by atoms with Gasteiger partial charge in [-0.15, -0.1) is 0 Å². The molecule has 1 saturated heterocycles. The van der Waals surface area contributed by atoms with E-state index >= 15 is 0 Å². The summed E-state index contributed by atoms with van der Waals surface area (Å²) < 4.78 is 32.8. The van der Waals surface area contributed by atoms with Crippen molar-refractivity contribution in [3.63, 3.8) is 0 Å². The first-order valence-corrected chi connectivity index (χ1v) is 11.4. The van der Waals surface area contributed by atoms with E-state index in [-0.39, 0.29) is 16.3 Å². The Morgan fingerprint density at radius 1 is 1.03 bits per heavy atom. The quantitative estimate of drug-likeness (QED) is 0.608. The van der Waals surface area contributed by atoms with Crippen molar-refractivity contribution in [2.24, 2.45) is 0 Å². The van der Waals surface area contributed by atoms with Crippen LogP contribution in [0.5, 0.6) is 5.75 Å². The van der Waals surface area contributed by atoms with Crippen LogP contribution in [0.15, 0.2) is 72.0 Å². The number of anilines is 1. The highest BCUT2D eigenvalue weighted by molar-refractivity contribution is 7.89. The molecule has 160 valence electrons. The third-order valence-electron chi connectivity index (χ3n) is 4.95. The van der Waals surface area contributed by atoms with Gasteiger partial charge in [0.05, 0.1) is 4.90 Å². The van der Waals surface area contributed by atoms with E-state index in [1.165, 1.54) is 16.4 Å². The number of carbonyl (C=O) groups excluding carboxylic acids is 1. The lowest BCUT2D eigenvalue weighted by Crippen LogP contribution is -2.28. The van der Waals surface area contributed by atoms with Gasteiger partial charge in [0, 0.05) is 37.2 Å². The molecule has 0 aliphatic carbocycles. The van der Waals surface area contributed by atoms with Gasteiger partial charge in [0.15, 0.2) is 11.6 Å². The van der Waals surface area contributed by atoms with Crippen molar-refractivity contribution in [1.29, 1.82) is 0 Å². The first-order valence-electron chi connectivity index (χ1n) is 9.92. The molecule has 1 N–H and O–H groups in total. The van der Waals surface area contributed by atoms with Crippen LogP contribution in [-0.4, -0.2) is 41.7 Å². The summed E-state index contributed by atoms with van der Waals surface area (Å²) in [5, 5.41) is 2.72. The standard InChI is InChI=1S/C22H22N4O4S/c27-22(18-5-3-6-19(15-18)31(28,29)26-13-1-2-14-26)25-21-20(7-4-10-24-21)30-16-17-8-11-23-12-9-17/h3-12,15H,1-2,13-14,16H2,(H,24,25,27). The molecule has 0 atom stereocenters. The fourth-order valence-corrected chi connectivity index (χ4v) is 4.86. The van der Waals surface area contributed by atoms with Crippen LogP contribution in [0.4, 0.5) is 5.82 Å². The highest BCUT2D eigenvalue weighted by atomic mass is 32.2. The monoisotopic (exact) mass is 438 g/mol. The fourth-order valence-electron chi connectivity index (χ4n) is 3.30. The molecule has 1 aliphatic rings. The second kappa shape index (κ2) is 9.23. The summed E-state index contributed by atoms with van der Waals surface area (Å²) in [6.45, 7) is 1.30. The maximum absolute atomic E-state index is 12.8. The number of benzene rings is 1. The van der Waals surface area contributed by atoms with Crippen molar-refractivity contribution in [1.82, 2.24) is 14.3 Å². The number of pyridine rings is 2. The number of hydrogen-bond donors (Lipinski definition) is 1. The molecule has 1 amide bonds. The van der Waals surface area contributed by atoms with Gasteiger partial charge in [-0.2, -0.15) is 4.31 Å². The molecule has 3 heterocycles. The number of ether oxygens (including phenoxy) is 1. The molecular formula is C22H22N4O4S. The lowest BCUT2D eigenvalue weighted by Gasteiger charge is -2.16. The Kier molecular flexibility index (Phi) is 6.24. The van der Waals surface area contributed by atoms with Crippen molar-refractivity contribution >= 4 is 21.7 Å². The largest absolute Gasteiger partial charge is 0.485 e. The Morgan fingerprint density at radius 3 is 2.58 bits per heavy atom. The summed E-state index contributed by atoms with van der Waals surface area (Å²) in [4.78, 5) is 21.1. The number of sulfonamides is 1. The molecule has 3 aromatic rings. The zero-order valence-corrected chi connectivity index (χ0v) is 17.6. The fraction of sp³-hybridized carbons (Fsp3) is 0.227. The van der Waals surface area contributed by atoms with Gasteiger partial charge in [0.25, 0.3) is 5.91 Å². The van der Waals surface area contributed by atoms with E-state index in [4.69, 9.17) is 4.74 Å². The predicted octanol–water partition coefficient (Wildman–Crippen LogP) is 3.09. The Balaban J connectivity index is 1.50. The van der Waals surface area contributed by atoms with Crippen molar-refractivity contribution in [3.8, 4) is 5.75 Å². The van der Waals surface area contributed by atoms with Crippen LogP contribution in [-0.2, 0) is 16.6 Å². The van der Waals surface area contributed by atoms with Gasteiger partial charge in [-0.05, 0) is 60.9 Å². The smallest absolute Gasteiger partial charge is 0.256 e. The molecule has 0 radical (unpaired) electrons. The highest BCUT2D eigenvalue weighted by Gasteiger charge is 2.27. The zero-order chi connectivity index (χ0) is 21.7. The average Bonchev–Trinajstić information content (AvgIpc) is 3.35. The van der Waals surface area contributed by atoms with Gasteiger partial charge in [-0.25, -0.2) is 13.4 Å². The van der Waals surface area contributed by atoms with Gasteiger partial charge < -0.3 is 10.1 Å². The highest BCUT2D eigenvalue weighted by Crippen LogP contribution is 2.24. The van der Waals surface area contributed by atoms with Crippen molar-refractivity contribution in [2.45, 2.75) is 24.3 Å². The van der Waals surface area contributed by atoms with E-state index in [1.807, 2.05) is 12.1 Å². The molecule has 0 unspecified atom stereocenters. The van der Waals surface area contributed by atoms with Gasteiger partial charge in [0.1, 0.15) is 6.61 Å². The molecule has 1 fully saturated rings. The van der Waals surface area contributed by atoms with E-state index in [9.17, 15) is 13.2 Å². The molecule has 0 saturated carbocycles. The summed E-state index contributed by atoms with van der Waals surface area (Å²) in [7, 11) is -3.61. The Labute approximate surface area is 181 Å². The lowest BCUT2D eigenvalue weighted by molar-refractivity contribution is 0.102. The number of nitrogens with one attached hydrogen (secondary N) is 1. The maximum atomic E-state index is 12.8. The predicted molar refractivity (Wildman–Crippen MR) is 115 cm³/mol. The zero-order valence-electron chi connectivity index (χ0n) is 16.8. The third-order valence-corrected chi connectivity index (χ3v) is 6.84. The van der Waals surface area contributed by atoms with E-state index in [0.29, 0.717) is 25.4 Å². The van der Waals surface area contributed by atoms with E-state index in [0.717, 1.165) is 18.4 Å². The van der Waals surface area contributed by atoms with Crippen LogP contribution in [0.3, 0.4) is 0 Å². The first-order chi connectivity index (χ1) is 15.0. The van der Waals surface area contributed by atoms with Crippen LogP contribution >= 0.6 is 0 Å². The van der Waals surface area contributed by atoms with Crippen molar-refractivity contribution < 1.29 is 17.9 Å². The van der Waals surface area contributed by atoms with Crippen molar-refractivity contribution in [3.05, 3.63) is 78.2 Å². The first kappa shape index (κ1) is 21.0. The number of aromatic nitrogens is 2. The SMILES string of the molecule is O=C(Nc1ncccc1OCc1ccncc1)c1cccc(S(=O)(=O)N2CCCC2)c1. The van der Waals surface area contributed by atoms with Crippen molar-refractivity contribution in [2.75, 3.05) is 18.4 Å². The molecule has 2 aromatic heterocycles. The lowest BCUT2D eigenvalue weighted by atomic mass is 10.2. The Morgan fingerprint density at radius 2 is 1.81 bits per heavy atom. The molecule has 9 heteroatoms. The summed E-state index contributed by atoms with van der Waals surface area (Å²) in [6, 6.07) is 13.1. The molecule has 1 aromatic carbocycles. The van der Waals surface area contributed by atoms with Gasteiger partial charge in [0.2, 0.25) is 10.0 Å². The second-order valence-corrected chi connectivity index (χ2v) is 9.03. The number of amides is 1. The molecule has 1 aliphatic heterocycles. The summed E-state index contributed by atoms with van der Waals surface area (Å²) >= 11 is 0. The van der Waals surface area contributed by atoms with Crippen LogP contribution < -0.4 is 10.1 Å². The maximum Gasteiger partial charge on any atom is 0.256 e. The van der Waals surface area contributed by atoms with Gasteiger partial charge in [-0.3, -0.25) is 9.78 Å². The van der Waals surface area contributed by atoms with Crippen LogP contribution in [0.2, 0.25) is 0 Å². The Hall–Kier alpha value is -3.30. The topological polar surface area (TPSA) is 101 Å². The second-order valence-electron chi connectivity index (χ2n) is 7.09. The summed E-state index contributed by atoms with van der Waals surface area (Å²) in [5.74, 6) is 0.203. The molecule has 31 heavy (non-hydrogen) atoms. The van der Waals surface area contributed by atoms with Gasteiger partial charge >= 0.3 is 0 Å². The third kappa shape index (κ3) is 4.89. The number of carbonyl (C=O) groups is 1. The average molecular weight is 439 g/mol. The number of rotatable bonds is 7. The van der Waals surface area contributed by atoms with Crippen LogP contribution in [0.1, 0.15) is 28.8 Å². The summed E-state index contributed by atoms with van der Waals surface area (Å²) in [5.41, 5.74) is 1.15. The van der Waals surface area contributed by atoms with E-state index in [1.54, 1.807) is 42.9 Å². The molecule has 0 bridgehead atoms.